The molecule has 1 atom stereocenters. The number of unbranched alkanes of at least 4 members (excludes halogenated alkanes) is 1. The van der Waals surface area contributed by atoms with Crippen molar-refractivity contribution < 1.29 is 9.90 Å². The number of carboxylic acid groups (broad SMARTS) is 1. The summed E-state index contributed by atoms with van der Waals surface area (Å²) in [5.74, 6) is -0.852. The van der Waals surface area contributed by atoms with Crippen LogP contribution in [0.5, 0.6) is 0 Å². The summed E-state index contributed by atoms with van der Waals surface area (Å²) in [5.41, 5.74) is 6.41. The van der Waals surface area contributed by atoms with Crippen LogP contribution in [-0.2, 0) is 11.3 Å². The van der Waals surface area contributed by atoms with Crippen molar-refractivity contribution in [1.29, 1.82) is 0 Å². The summed E-state index contributed by atoms with van der Waals surface area (Å²) in [7, 11) is 5.51. The largest absolute Gasteiger partial charge is 0.480 e. The van der Waals surface area contributed by atoms with Crippen LogP contribution in [0.25, 0.3) is 10.8 Å². The first kappa shape index (κ1) is 18.9. The van der Waals surface area contributed by atoms with Gasteiger partial charge in [-0.25, -0.2) is 0 Å². The van der Waals surface area contributed by atoms with E-state index in [-0.39, 0.29) is 5.92 Å². The molecule has 0 heterocycles. The van der Waals surface area contributed by atoms with Crippen molar-refractivity contribution in [3.8, 4) is 0 Å². The molecule has 0 aromatic heterocycles. The highest BCUT2D eigenvalue weighted by molar-refractivity contribution is 6.08. The van der Waals surface area contributed by atoms with Crippen molar-refractivity contribution in [2.24, 2.45) is 11.7 Å². The van der Waals surface area contributed by atoms with Gasteiger partial charge < -0.3 is 16.2 Å². The molecule has 0 amide bonds. The standard InChI is InChI=1S/C21H27BN2O2/c22-11-4-3-10-21(23,20(25)26)17-12-18(13-17)24-14-16-8-5-7-15-6-1-2-9-19(15)16/h1-2,5-9,17-18,24H,3-4,10-14,23H2,(H,25,26). The van der Waals surface area contributed by atoms with E-state index in [1.807, 2.05) is 6.07 Å². The Bertz CT molecular complexity index is 755. The van der Waals surface area contributed by atoms with Crippen molar-refractivity contribution in [3.05, 3.63) is 48.0 Å². The van der Waals surface area contributed by atoms with E-state index in [0.29, 0.717) is 18.8 Å². The third-order valence-electron chi connectivity index (χ3n) is 5.77. The molecule has 136 valence electrons. The molecule has 1 aliphatic carbocycles. The fourth-order valence-corrected chi connectivity index (χ4v) is 3.95. The topological polar surface area (TPSA) is 75.4 Å². The zero-order valence-corrected chi connectivity index (χ0v) is 15.2. The zero-order chi connectivity index (χ0) is 18.6. The Kier molecular flexibility index (Phi) is 5.99. The van der Waals surface area contributed by atoms with Crippen LogP contribution in [0.1, 0.15) is 37.7 Å². The van der Waals surface area contributed by atoms with Gasteiger partial charge in [-0.1, -0.05) is 61.6 Å². The average molecular weight is 350 g/mol. The quantitative estimate of drug-likeness (QED) is 0.479. The molecule has 1 aliphatic rings. The van der Waals surface area contributed by atoms with Crippen LogP contribution in [0.2, 0.25) is 6.32 Å². The highest BCUT2D eigenvalue weighted by Crippen LogP contribution is 2.38. The summed E-state index contributed by atoms with van der Waals surface area (Å²) in [6.45, 7) is 0.788. The minimum atomic E-state index is -1.12. The van der Waals surface area contributed by atoms with Gasteiger partial charge in [-0.3, -0.25) is 4.79 Å². The molecular weight excluding hydrogens is 323 g/mol. The van der Waals surface area contributed by atoms with Gasteiger partial charge in [-0.2, -0.15) is 0 Å². The maximum atomic E-state index is 11.7. The molecule has 0 aliphatic heterocycles. The number of nitrogens with one attached hydrogen (secondary N) is 1. The molecule has 2 aromatic carbocycles. The number of aliphatic carboxylic acids is 1. The van der Waals surface area contributed by atoms with E-state index >= 15 is 0 Å². The molecule has 2 aromatic rings. The highest BCUT2D eigenvalue weighted by atomic mass is 16.4. The second kappa shape index (κ2) is 8.23. The highest BCUT2D eigenvalue weighted by Gasteiger charge is 2.47. The lowest BCUT2D eigenvalue weighted by Crippen LogP contribution is -2.61. The van der Waals surface area contributed by atoms with Crippen LogP contribution in [0.15, 0.2) is 42.5 Å². The van der Waals surface area contributed by atoms with Gasteiger partial charge in [-0.15, -0.1) is 0 Å². The number of benzene rings is 2. The van der Waals surface area contributed by atoms with Gasteiger partial charge in [0.1, 0.15) is 5.54 Å². The lowest BCUT2D eigenvalue weighted by atomic mass is 9.66. The number of hydrogen-bond acceptors (Lipinski definition) is 3. The monoisotopic (exact) mass is 350 g/mol. The Labute approximate surface area is 156 Å². The molecular formula is C21H27BN2O2. The first-order valence-corrected chi connectivity index (χ1v) is 9.47. The first-order chi connectivity index (χ1) is 12.5. The van der Waals surface area contributed by atoms with E-state index < -0.39 is 11.5 Å². The van der Waals surface area contributed by atoms with Gasteiger partial charge in [0.15, 0.2) is 0 Å². The fraction of sp³-hybridized carbons (Fsp3) is 0.476. The summed E-state index contributed by atoms with van der Waals surface area (Å²) in [4.78, 5) is 11.7. The molecule has 0 spiro atoms. The normalized spacial score (nSPS) is 21.9. The molecule has 1 saturated carbocycles. The van der Waals surface area contributed by atoms with Crippen LogP contribution in [0.4, 0.5) is 0 Å². The molecule has 26 heavy (non-hydrogen) atoms. The Morgan fingerprint density at radius 3 is 2.65 bits per heavy atom. The number of hydrogen-bond donors (Lipinski definition) is 3. The molecule has 5 heteroatoms. The predicted molar refractivity (Wildman–Crippen MR) is 106 cm³/mol. The van der Waals surface area contributed by atoms with Gasteiger partial charge in [0.2, 0.25) is 0 Å². The maximum Gasteiger partial charge on any atom is 0.323 e. The summed E-state index contributed by atoms with van der Waals surface area (Å²) in [6, 6.07) is 15.0. The van der Waals surface area contributed by atoms with Gasteiger partial charge >= 0.3 is 5.97 Å². The van der Waals surface area contributed by atoms with Gasteiger partial charge in [0.25, 0.3) is 0 Å². The van der Waals surface area contributed by atoms with Crippen LogP contribution in [0, 0.1) is 5.92 Å². The fourth-order valence-electron chi connectivity index (χ4n) is 3.95. The van der Waals surface area contributed by atoms with E-state index in [0.717, 1.165) is 32.2 Å². The van der Waals surface area contributed by atoms with Crippen molar-refractivity contribution in [2.45, 2.75) is 56.5 Å². The lowest BCUT2D eigenvalue weighted by Gasteiger charge is -2.45. The third-order valence-corrected chi connectivity index (χ3v) is 5.77. The second-order valence-corrected chi connectivity index (χ2v) is 7.48. The Morgan fingerprint density at radius 2 is 1.92 bits per heavy atom. The Hall–Kier alpha value is -1.85. The van der Waals surface area contributed by atoms with Crippen molar-refractivity contribution in [3.63, 3.8) is 0 Å². The lowest BCUT2D eigenvalue weighted by molar-refractivity contribution is -0.148. The SMILES string of the molecule is [B]CCCCC(N)(C(=O)O)C1CC(NCc2cccc3ccccc23)C1. The molecule has 3 rings (SSSR count). The van der Waals surface area contributed by atoms with E-state index in [1.54, 1.807) is 0 Å². The van der Waals surface area contributed by atoms with Gasteiger partial charge in [0.05, 0.1) is 7.85 Å². The number of carboxylic acids is 1. The molecule has 0 bridgehead atoms. The molecule has 4 N–H and O–H groups in total. The first-order valence-electron chi connectivity index (χ1n) is 9.47. The molecule has 4 nitrogen and oxygen atoms in total. The van der Waals surface area contributed by atoms with Crippen LogP contribution < -0.4 is 11.1 Å². The third kappa shape index (κ3) is 3.94. The smallest absolute Gasteiger partial charge is 0.323 e. The number of nitrogens with two attached hydrogens (primary N) is 1. The summed E-state index contributed by atoms with van der Waals surface area (Å²) >= 11 is 0. The maximum absolute atomic E-state index is 11.7. The Balaban J connectivity index is 1.55. The van der Waals surface area contributed by atoms with E-state index in [1.165, 1.54) is 16.3 Å². The van der Waals surface area contributed by atoms with Crippen molar-refractivity contribution >= 4 is 24.6 Å². The second-order valence-electron chi connectivity index (χ2n) is 7.48. The minimum Gasteiger partial charge on any atom is -0.480 e. The number of fused-ring (bicyclic) bond motifs is 1. The molecule has 1 fully saturated rings. The average Bonchev–Trinajstić information content (AvgIpc) is 2.60. The van der Waals surface area contributed by atoms with Gasteiger partial charge in [0, 0.05) is 12.6 Å². The van der Waals surface area contributed by atoms with Crippen LogP contribution in [0.3, 0.4) is 0 Å². The van der Waals surface area contributed by atoms with Crippen LogP contribution >= 0.6 is 0 Å². The number of rotatable bonds is 9. The van der Waals surface area contributed by atoms with E-state index in [4.69, 9.17) is 13.6 Å². The Morgan fingerprint density at radius 1 is 1.19 bits per heavy atom. The molecule has 2 radical (unpaired) electrons. The van der Waals surface area contributed by atoms with Gasteiger partial charge in [-0.05, 0) is 41.5 Å². The zero-order valence-electron chi connectivity index (χ0n) is 15.2. The minimum absolute atomic E-state index is 0.0304. The molecule has 1 unspecified atom stereocenters. The summed E-state index contributed by atoms with van der Waals surface area (Å²) < 4.78 is 0. The van der Waals surface area contributed by atoms with E-state index in [9.17, 15) is 9.90 Å². The molecule has 0 saturated heterocycles. The van der Waals surface area contributed by atoms with Crippen molar-refractivity contribution in [1.82, 2.24) is 5.32 Å². The summed E-state index contributed by atoms with van der Waals surface area (Å²) in [6.07, 6.45) is 4.30. The van der Waals surface area contributed by atoms with Crippen LogP contribution in [-0.4, -0.2) is 30.5 Å². The van der Waals surface area contributed by atoms with Crippen molar-refractivity contribution in [2.75, 3.05) is 0 Å². The predicted octanol–water partition coefficient (Wildman–Crippen LogP) is 3.25. The summed E-state index contributed by atoms with van der Waals surface area (Å²) in [5, 5.41) is 15.7. The van der Waals surface area contributed by atoms with E-state index in [2.05, 4.69) is 41.7 Å². The number of carbonyl (C=O) groups is 1.